The van der Waals surface area contributed by atoms with Crippen molar-refractivity contribution in [2.75, 3.05) is 9.80 Å². The summed E-state index contributed by atoms with van der Waals surface area (Å²) in [6, 6.07) is 77.4. The van der Waals surface area contributed by atoms with Crippen molar-refractivity contribution in [1.29, 1.82) is 0 Å². The van der Waals surface area contributed by atoms with Crippen LogP contribution in [0.15, 0.2) is 206 Å². The fourth-order valence-corrected chi connectivity index (χ4v) is 13.3. The van der Waals surface area contributed by atoms with Crippen LogP contribution in [-0.4, -0.2) is 13.4 Å². The van der Waals surface area contributed by atoms with Crippen molar-refractivity contribution in [2.45, 2.75) is 105 Å². The topological polar surface area (TPSA) is 24.9 Å². The lowest BCUT2D eigenvalue weighted by Gasteiger charge is -2.44. The third-order valence-electron chi connectivity index (χ3n) is 17.8. The molecule has 4 heterocycles. The molecule has 0 spiro atoms. The lowest BCUT2D eigenvalue weighted by atomic mass is 9.31. The quantitative estimate of drug-likeness (QED) is 0.160. The molecule has 10 aromatic rings. The van der Waals surface area contributed by atoms with Gasteiger partial charge in [0.1, 0.15) is 23.0 Å². The molecule has 0 saturated carbocycles. The highest BCUT2D eigenvalue weighted by molar-refractivity contribution is 7.02. The molecule has 0 saturated heterocycles. The molecule has 0 atom stereocenters. The third kappa shape index (κ3) is 8.42. The van der Waals surface area contributed by atoms with Gasteiger partial charge in [-0.2, -0.15) is 0 Å². The zero-order chi connectivity index (χ0) is 56.8. The predicted molar refractivity (Wildman–Crippen MR) is 349 cm³/mol. The molecule has 0 radical (unpaired) electrons. The maximum absolute atomic E-state index is 7.55. The van der Waals surface area contributed by atoms with Crippen molar-refractivity contribution in [3.05, 3.63) is 229 Å². The average Bonchev–Trinajstić information content (AvgIpc) is 3.65. The van der Waals surface area contributed by atoms with Crippen molar-refractivity contribution in [1.82, 2.24) is 0 Å². The third-order valence-corrected chi connectivity index (χ3v) is 17.8. The van der Waals surface area contributed by atoms with Crippen LogP contribution < -0.4 is 52.1 Å². The van der Waals surface area contributed by atoms with Gasteiger partial charge in [0.2, 0.25) is 0 Å². The number of para-hydroxylation sites is 1. The lowest BCUT2D eigenvalue weighted by molar-refractivity contribution is 0.464. The van der Waals surface area contributed by atoms with E-state index in [1.807, 2.05) is 0 Å². The lowest BCUT2D eigenvalue weighted by Crippen LogP contribution is -2.63. The van der Waals surface area contributed by atoms with Gasteiger partial charge in [0.25, 0.3) is 13.4 Å². The van der Waals surface area contributed by atoms with E-state index in [1.54, 1.807) is 0 Å². The maximum Gasteiger partial charge on any atom is 0.256 e. The van der Waals surface area contributed by atoms with E-state index in [0.717, 1.165) is 101 Å². The van der Waals surface area contributed by atoms with Gasteiger partial charge in [0.15, 0.2) is 0 Å². The number of hydrogen-bond donors (Lipinski definition) is 0. The largest absolute Gasteiger partial charge is 0.458 e. The Morgan fingerprint density at radius 1 is 0.293 bits per heavy atom. The van der Waals surface area contributed by atoms with Gasteiger partial charge in [0.05, 0.1) is 5.69 Å². The second-order valence-corrected chi connectivity index (χ2v) is 27.4. The highest BCUT2D eigenvalue weighted by Gasteiger charge is 2.48. The van der Waals surface area contributed by atoms with Crippen LogP contribution in [0.1, 0.15) is 105 Å². The van der Waals surface area contributed by atoms with Gasteiger partial charge in [-0.25, -0.2) is 0 Å². The second kappa shape index (κ2) is 18.5. The molecule has 0 aromatic heterocycles. The Kier molecular flexibility index (Phi) is 11.7. The molecule has 402 valence electrons. The summed E-state index contributed by atoms with van der Waals surface area (Å²) in [6.07, 6.45) is 0. The number of ether oxygens (including phenoxy) is 2. The van der Waals surface area contributed by atoms with E-state index in [1.165, 1.54) is 44.3 Å². The Balaban J connectivity index is 1.05. The fourth-order valence-electron chi connectivity index (χ4n) is 13.3. The van der Waals surface area contributed by atoms with E-state index in [4.69, 9.17) is 9.47 Å². The zero-order valence-electron chi connectivity index (χ0n) is 49.5. The summed E-state index contributed by atoms with van der Waals surface area (Å²) in [7, 11) is 0. The normalized spacial score (nSPS) is 14.0. The van der Waals surface area contributed by atoms with Crippen molar-refractivity contribution in [3.63, 3.8) is 0 Å². The summed E-state index contributed by atoms with van der Waals surface area (Å²) in [6.45, 7) is 27.5. The van der Waals surface area contributed by atoms with Gasteiger partial charge in [-0.15, -0.1) is 0 Å². The van der Waals surface area contributed by atoms with E-state index in [0.29, 0.717) is 0 Å². The molecule has 0 bridgehead atoms. The van der Waals surface area contributed by atoms with Crippen LogP contribution in [0.4, 0.5) is 34.1 Å². The fraction of sp³-hybridized carbons (Fsp3) is 0.211. The first kappa shape index (κ1) is 51.7. The van der Waals surface area contributed by atoms with Crippen LogP contribution in [-0.2, 0) is 21.7 Å². The van der Waals surface area contributed by atoms with E-state index >= 15 is 0 Å². The molecular weight excluding hydrogens is 994 g/mol. The molecule has 0 unspecified atom stereocenters. The van der Waals surface area contributed by atoms with E-state index in [2.05, 4.69) is 299 Å². The van der Waals surface area contributed by atoms with Crippen molar-refractivity contribution in [2.24, 2.45) is 0 Å². The number of fused-ring (bicyclic) bond motifs is 8. The average molecular weight is 1070 g/mol. The van der Waals surface area contributed by atoms with Crippen LogP contribution >= 0.6 is 0 Å². The second-order valence-electron chi connectivity index (χ2n) is 27.4. The molecule has 10 aromatic carbocycles. The summed E-state index contributed by atoms with van der Waals surface area (Å²) in [5, 5.41) is 0. The molecule has 14 rings (SSSR count). The Morgan fingerprint density at radius 3 is 1.21 bits per heavy atom. The van der Waals surface area contributed by atoms with Crippen LogP contribution in [0.25, 0.3) is 33.4 Å². The molecule has 0 amide bonds. The summed E-state index contributed by atoms with van der Waals surface area (Å²) in [4.78, 5) is 5.12. The zero-order valence-corrected chi connectivity index (χ0v) is 49.5. The Labute approximate surface area is 486 Å². The monoisotopic (exact) mass is 1060 g/mol. The highest BCUT2D eigenvalue weighted by Crippen LogP contribution is 2.52. The first-order chi connectivity index (χ1) is 39.2. The minimum absolute atomic E-state index is 0.0176. The molecule has 0 N–H and O–H groups in total. The molecule has 82 heavy (non-hydrogen) atoms. The number of rotatable bonds is 5. The molecule has 4 nitrogen and oxygen atoms in total. The van der Waals surface area contributed by atoms with E-state index in [-0.39, 0.29) is 35.1 Å². The van der Waals surface area contributed by atoms with Crippen molar-refractivity contribution in [3.8, 4) is 56.4 Å². The van der Waals surface area contributed by atoms with Gasteiger partial charge in [-0.3, -0.25) is 0 Å². The van der Waals surface area contributed by atoms with Crippen LogP contribution in [0.5, 0.6) is 23.0 Å². The van der Waals surface area contributed by atoms with E-state index in [9.17, 15) is 0 Å². The van der Waals surface area contributed by atoms with Gasteiger partial charge in [-0.05, 0) is 147 Å². The molecule has 0 fully saturated rings. The Bertz CT molecular complexity index is 4140. The summed E-state index contributed by atoms with van der Waals surface area (Å²) in [5.74, 6) is 3.39. The first-order valence-electron chi connectivity index (χ1n) is 29.4. The number of nitrogens with zero attached hydrogens (tertiary/aromatic N) is 2. The minimum Gasteiger partial charge on any atom is -0.458 e. The van der Waals surface area contributed by atoms with Gasteiger partial charge in [-0.1, -0.05) is 235 Å². The van der Waals surface area contributed by atoms with Gasteiger partial charge < -0.3 is 19.3 Å². The minimum atomic E-state index is -0.179. The molecule has 4 aliphatic heterocycles. The van der Waals surface area contributed by atoms with E-state index < -0.39 is 0 Å². The highest BCUT2D eigenvalue weighted by atomic mass is 16.5. The van der Waals surface area contributed by atoms with Crippen LogP contribution in [0, 0.1) is 0 Å². The van der Waals surface area contributed by atoms with Gasteiger partial charge >= 0.3 is 0 Å². The maximum atomic E-state index is 7.55. The predicted octanol–water partition coefficient (Wildman–Crippen LogP) is 16.7. The Morgan fingerprint density at radius 2 is 0.720 bits per heavy atom. The van der Waals surface area contributed by atoms with Crippen LogP contribution in [0.3, 0.4) is 0 Å². The molecule has 0 aliphatic carbocycles. The first-order valence-corrected chi connectivity index (χ1v) is 29.4. The summed E-state index contributed by atoms with van der Waals surface area (Å²) < 4.78 is 15.0. The standard InChI is InChI=1S/C76H70B2N2O2/c1-73(2,3)51-31-35-55(36-32-51)79-62-41-52(74(4,5)6)33-37-58(62)77-61-45-60-66(46-67(61)82-69-44-54(76(10,11)12)43-65(79)71(69)77)81-68-40-50(47-23-16-13-17-24-47)39-64-70(68)78(60)59-38-34-53(75(7,8)9)42-63(59)80(64)72-56(48-25-18-14-19-26-48)29-22-30-57(72)49-27-20-15-21-28-49/h13-46H,1-12H3. The molecule has 4 aliphatic rings. The number of benzene rings is 10. The SMILES string of the molecule is CC(C)(C)c1ccc(N2c3cc(C(C)(C)C)ccc3B3c4cc5c(cc4Oc4cc(C(C)(C)C)cc2c43)Oc2cc(-c3ccccc3)cc3c2B5c2ccc(C(C)(C)C)cc2N3c2c(-c3ccccc3)cccc2-c2ccccc2)cc1. The summed E-state index contributed by atoms with van der Waals surface area (Å²) >= 11 is 0. The van der Waals surface area contributed by atoms with Crippen LogP contribution in [0.2, 0.25) is 0 Å². The Hall–Kier alpha value is -8.47. The van der Waals surface area contributed by atoms with Crippen molar-refractivity contribution >= 4 is 80.3 Å². The van der Waals surface area contributed by atoms with Gasteiger partial charge in [0, 0.05) is 45.6 Å². The number of hydrogen-bond acceptors (Lipinski definition) is 4. The molecular formula is C76H70B2N2O2. The smallest absolute Gasteiger partial charge is 0.256 e. The summed E-state index contributed by atoms with van der Waals surface area (Å²) in [5.41, 5.74) is 25.6. The number of anilines is 6. The molecule has 6 heteroatoms. The van der Waals surface area contributed by atoms with Crippen molar-refractivity contribution < 1.29 is 9.47 Å².